The molecule has 1 heterocycles. The van der Waals surface area contributed by atoms with E-state index in [2.05, 4.69) is 15.6 Å². The Labute approximate surface area is 167 Å². The lowest BCUT2D eigenvalue weighted by Crippen LogP contribution is -2.16. The molecule has 0 atom stereocenters. The Balaban J connectivity index is 1.70. The zero-order valence-corrected chi connectivity index (χ0v) is 15.9. The number of benzene rings is 2. The number of nitrogens with one attached hydrogen (secondary N) is 2. The van der Waals surface area contributed by atoms with Crippen LogP contribution in [0.3, 0.4) is 0 Å². The molecule has 0 saturated heterocycles. The number of methoxy groups -OCH3 is 1. The molecule has 0 fully saturated rings. The second-order valence-electron chi connectivity index (χ2n) is 5.90. The average Bonchev–Trinajstić information content (AvgIpc) is 2.73. The quantitative estimate of drug-likeness (QED) is 0.605. The molecule has 0 spiro atoms. The second-order valence-corrected chi connectivity index (χ2v) is 6.34. The van der Waals surface area contributed by atoms with Crippen molar-refractivity contribution in [3.63, 3.8) is 0 Å². The van der Waals surface area contributed by atoms with Gasteiger partial charge in [-0.3, -0.25) is 9.78 Å². The number of anilines is 2. The summed E-state index contributed by atoms with van der Waals surface area (Å²) in [7, 11) is 1.29. The van der Waals surface area contributed by atoms with Crippen molar-refractivity contribution in [2.45, 2.75) is 6.54 Å². The number of carbonyl (C=O) groups excluding carboxylic acids is 2. The molecule has 3 aromatic rings. The zero-order valence-electron chi connectivity index (χ0n) is 15.1. The lowest BCUT2D eigenvalue weighted by Gasteiger charge is -2.11. The summed E-state index contributed by atoms with van der Waals surface area (Å²) in [6, 6.07) is 17.5. The van der Waals surface area contributed by atoms with Gasteiger partial charge in [0.15, 0.2) is 0 Å². The molecule has 28 heavy (non-hydrogen) atoms. The highest BCUT2D eigenvalue weighted by Crippen LogP contribution is 2.18. The normalized spacial score (nSPS) is 10.2. The van der Waals surface area contributed by atoms with E-state index in [0.29, 0.717) is 17.3 Å². The van der Waals surface area contributed by atoms with E-state index in [9.17, 15) is 9.59 Å². The lowest BCUT2D eigenvalue weighted by atomic mass is 10.1. The number of hydrogen-bond donors (Lipinski definition) is 2. The fourth-order valence-corrected chi connectivity index (χ4v) is 2.66. The van der Waals surface area contributed by atoms with Gasteiger partial charge in [0.05, 0.1) is 18.4 Å². The Morgan fingerprint density at radius 3 is 2.57 bits per heavy atom. The number of aromatic nitrogens is 1. The van der Waals surface area contributed by atoms with Crippen LogP contribution < -0.4 is 10.6 Å². The molecule has 3 rings (SSSR count). The maximum atomic E-state index is 12.6. The van der Waals surface area contributed by atoms with Crippen molar-refractivity contribution in [2.75, 3.05) is 17.7 Å². The second kappa shape index (κ2) is 9.01. The van der Waals surface area contributed by atoms with E-state index < -0.39 is 11.9 Å². The summed E-state index contributed by atoms with van der Waals surface area (Å²) in [5, 5.41) is 6.63. The predicted octanol–water partition coefficient (Wildman–Crippen LogP) is 4.39. The fraction of sp³-hybridized carbons (Fsp3) is 0.0952. The van der Waals surface area contributed by atoms with Gasteiger partial charge in [-0.25, -0.2) is 4.79 Å². The van der Waals surface area contributed by atoms with E-state index in [1.165, 1.54) is 7.11 Å². The van der Waals surface area contributed by atoms with Crippen LogP contribution >= 0.6 is 11.6 Å². The van der Waals surface area contributed by atoms with Crippen LogP contribution in [0, 0.1) is 0 Å². The number of amides is 1. The van der Waals surface area contributed by atoms with Gasteiger partial charge < -0.3 is 15.4 Å². The van der Waals surface area contributed by atoms with Gasteiger partial charge in [0, 0.05) is 23.5 Å². The molecular weight excluding hydrogens is 378 g/mol. The summed E-state index contributed by atoms with van der Waals surface area (Å²) >= 11 is 5.89. The number of rotatable bonds is 6. The summed E-state index contributed by atoms with van der Waals surface area (Å²) in [5.41, 5.74) is 2.66. The number of halogens is 1. The third-order valence-corrected chi connectivity index (χ3v) is 4.24. The highest BCUT2D eigenvalue weighted by molar-refractivity contribution is 6.30. The topological polar surface area (TPSA) is 80.3 Å². The first-order valence-electron chi connectivity index (χ1n) is 8.50. The van der Waals surface area contributed by atoms with Crippen molar-refractivity contribution >= 4 is 34.9 Å². The van der Waals surface area contributed by atoms with E-state index in [4.69, 9.17) is 16.3 Å². The van der Waals surface area contributed by atoms with Gasteiger partial charge >= 0.3 is 5.97 Å². The molecule has 0 radical (unpaired) electrons. The molecular formula is C21H18ClN3O3. The number of hydrogen-bond acceptors (Lipinski definition) is 5. The molecule has 6 nitrogen and oxygen atoms in total. The van der Waals surface area contributed by atoms with Crippen LogP contribution in [0.1, 0.15) is 26.4 Å². The molecule has 0 saturated carbocycles. The summed E-state index contributed by atoms with van der Waals surface area (Å²) < 4.78 is 4.74. The first-order chi connectivity index (χ1) is 13.6. The summed E-state index contributed by atoms with van der Waals surface area (Å²) in [6.45, 7) is 0.577. The van der Waals surface area contributed by atoms with Crippen molar-refractivity contribution in [1.29, 1.82) is 0 Å². The third kappa shape index (κ3) is 4.86. The maximum Gasteiger partial charge on any atom is 0.339 e. The Bertz CT molecular complexity index is 990. The van der Waals surface area contributed by atoms with Gasteiger partial charge in [0.25, 0.3) is 5.91 Å². The van der Waals surface area contributed by atoms with Gasteiger partial charge in [-0.1, -0.05) is 35.9 Å². The van der Waals surface area contributed by atoms with Crippen LogP contribution in [0.25, 0.3) is 0 Å². The first kappa shape index (κ1) is 19.4. The van der Waals surface area contributed by atoms with Crippen LogP contribution in [-0.4, -0.2) is 24.0 Å². The minimum Gasteiger partial charge on any atom is -0.465 e. The molecule has 142 valence electrons. The smallest absolute Gasteiger partial charge is 0.339 e. The van der Waals surface area contributed by atoms with E-state index in [-0.39, 0.29) is 11.3 Å². The molecule has 0 aliphatic carbocycles. The van der Waals surface area contributed by atoms with E-state index in [1.807, 2.05) is 24.3 Å². The largest absolute Gasteiger partial charge is 0.465 e. The number of ether oxygens (including phenoxy) is 1. The molecule has 0 unspecified atom stereocenters. The SMILES string of the molecule is COC(=O)c1ccccc1NC(=O)c1cc(NCc2ccc(Cl)cc2)ccn1. The van der Waals surface area contributed by atoms with Crippen LogP contribution in [0.2, 0.25) is 5.02 Å². The van der Waals surface area contributed by atoms with Gasteiger partial charge in [-0.15, -0.1) is 0 Å². The van der Waals surface area contributed by atoms with Crippen molar-refractivity contribution in [3.8, 4) is 0 Å². The highest BCUT2D eigenvalue weighted by Gasteiger charge is 2.15. The Kier molecular flexibility index (Phi) is 6.24. The molecule has 0 bridgehead atoms. The lowest BCUT2D eigenvalue weighted by molar-refractivity contribution is 0.0602. The Hall–Kier alpha value is -3.38. The minimum atomic E-state index is -0.526. The Morgan fingerprint density at radius 2 is 1.82 bits per heavy atom. The molecule has 1 amide bonds. The Morgan fingerprint density at radius 1 is 1.07 bits per heavy atom. The number of esters is 1. The highest BCUT2D eigenvalue weighted by atomic mass is 35.5. The summed E-state index contributed by atoms with van der Waals surface area (Å²) in [4.78, 5) is 28.5. The first-order valence-corrected chi connectivity index (χ1v) is 8.87. The molecule has 2 aromatic carbocycles. The van der Waals surface area contributed by atoms with E-state index in [1.54, 1.807) is 42.6 Å². The van der Waals surface area contributed by atoms with Crippen LogP contribution in [-0.2, 0) is 11.3 Å². The van der Waals surface area contributed by atoms with E-state index >= 15 is 0 Å². The van der Waals surface area contributed by atoms with Gasteiger partial charge in [0.1, 0.15) is 5.69 Å². The molecule has 7 heteroatoms. The van der Waals surface area contributed by atoms with Crippen molar-refractivity contribution in [1.82, 2.24) is 4.98 Å². The van der Waals surface area contributed by atoms with Gasteiger partial charge in [-0.2, -0.15) is 0 Å². The number of para-hydroxylation sites is 1. The third-order valence-electron chi connectivity index (χ3n) is 3.98. The molecule has 1 aromatic heterocycles. The monoisotopic (exact) mass is 395 g/mol. The predicted molar refractivity (Wildman–Crippen MR) is 109 cm³/mol. The van der Waals surface area contributed by atoms with Gasteiger partial charge in [0.2, 0.25) is 0 Å². The minimum absolute atomic E-state index is 0.223. The zero-order chi connectivity index (χ0) is 19.9. The number of carbonyl (C=O) groups is 2. The summed E-state index contributed by atoms with van der Waals surface area (Å²) in [5.74, 6) is -0.950. The average molecular weight is 396 g/mol. The molecule has 0 aliphatic heterocycles. The van der Waals surface area contributed by atoms with Gasteiger partial charge in [-0.05, 0) is 42.0 Å². The summed E-state index contributed by atoms with van der Waals surface area (Å²) in [6.07, 6.45) is 1.55. The van der Waals surface area contributed by atoms with Crippen LogP contribution in [0.5, 0.6) is 0 Å². The number of nitrogens with zero attached hydrogens (tertiary/aromatic N) is 1. The maximum absolute atomic E-state index is 12.6. The standard InChI is InChI=1S/C21H18ClN3O3/c1-28-21(27)17-4-2-3-5-18(17)25-20(26)19-12-16(10-11-23-19)24-13-14-6-8-15(22)9-7-14/h2-12H,13H2,1H3,(H,23,24)(H,25,26). The number of pyridine rings is 1. The molecule has 0 aliphatic rings. The fourth-order valence-electron chi connectivity index (χ4n) is 2.54. The van der Waals surface area contributed by atoms with Crippen molar-refractivity contribution in [3.05, 3.63) is 88.7 Å². The van der Waals surface area contributed by atoms with Crippen LogP contribution in [0.4, 0.5) is 11.4 Å². The van der Waals surface area contributed by atoms with Crippen LogP contribution in [0.15, 0.2) is 66.9 Å². The van der Waals surface area contributed by atoms with E-state index in [0.717, 1.165) is 11.3 Å². The van der Waals surface area contributed by atoms with Crippen molar-refractivity contribution < 1.29 is 14.3 Å². The molecule has 2 N–H and O–H groups in total. The van der Waals surface area contributed by atoms with Crippen molar-refractivity contribution in [2.24, 2.45) is 0 Å².